The monoisotopic (exact) mass is 460 g/mol. The zero-order valence-electron chi connectivity index (χ0n) is 14.5. The lowest BCUT2D eigenvalue weighted by atomic mass is 10.1. The topological polar surface area (TPSA) is 58.5 Å². The van der Waals surface area contributed by atoms with E-state index < -0.39 is 0 Å². The van der Waals surface area contributed by atoms with E-state index in [0.717, 1.165) is 41.8 Å². The van der Waals surface area contributed by atoms with E-state index in [4.69, 9.17) is 4.74 Å². The van der Waals surface area contributed by atoms with Crippen molar-refractivity contribution in [1.82, 2.24) is 15.6 Å². The fourth-order valence-electron chi connectivity index (χ4n) is 2.26. The van der Waals surface area contributed by atoms with Crippen LogP contribution in [-0.2, 0) is 13.0 Å². The largest absolute Gasteiger partial charge is 0.496 e. The molecule has 0 saturated heterocycles. The van der Waals surface area contributed by atoms with Gasteiger partial charge in [-0.25, -0.2) is 4.98 Å². The third-order valence-electron chi connectivity index (χ3n) is 3.44. The Labute approximate surface area is 165 Å². The number of aromatic nitrogens is 1. The standard InChI is InChI=1S/C17H24N4OS.HI/c1-12-9-14(5-6-15(12)22-4)11-21-17(18-3)19-8-7-16-20-10-13(2)23-16;/h5-6,9-10H,7-8,11H2,1-4H3,(H2,18,19,21);1H. The van der Waals surface area contributed by atoms with Crippen molar-refractivity contribution in [2.24, 2.45) is 4.99 Å². The number of thiazole rings is 1. The van der Waals surface area contributed by atoms with Crippen molar-refractivity contribution in [2.45, 2.75) is 26.8 Å². The number of hydrogen-bond acceptors (Lipinski definition) is 4. The Morgan fingerprint density at radius 3 is 2.67 bits per heavy atom. The summed E-state index contributed by atoms with van der Waals surface area (Å²) in [6.45, 7) is 5.66. The molecular formula is C17H25IN4OS. The molecule has 132 valence electrons. The lowest BCUT2D eigenvalue weighted by molar-refractivity contribution is 0.411. The molecule has 5 nitrogen and oxygen atoms in total. The van der Waals surface area contributed by atoms with E-state index in [0.29, 0.717) is 0 Å². The predicted octanol–water partition coefficient (Wildman–Crippen LogP) is 3.29. The molecule has 1 aromatic heterocycles. The van der Waals surface area contributed by atoms with Crippen LogP contribution >= 0.6 is 35.3 Å². The fourth-order valence-corrected chi connectivity index (χ4v) is 3.05. The van der Waals surface area contributed by atoms with Gasteiger partial charge in [0.1, 0.15) is 5.75 Å². The van der Waals surface area contributed by atoms with Crippen molar-refractivity contribution >= 4 is 41.3 Å². The molecule has 0 saturated carbocycles. The van der Waals surface area contributed by atoms with Gasteiger partial charge in [-0.3, -0.25) is 4.99 Å². The highest BCUT2D eigenvalue weighted by molar-refractivity contribution is 14.0. The fraction of sp³-hybridized carbons (Fsp3) is 0.412. The summed E-state index contributed by atoms with van der Waals surface area (Å²) in [6.07, 6.45) is 2.82. The van der Waals surface area contributed by atoms with Gasteiger partial charge in [0.15, 0.2) is 5.96 Å². The van der Waals surface area contributed by atoms with E-state index in [1.54, 1.807) is 25.5 Å². The highest BCUT2D eigenvalue weighted by Crippen LogP contribution is 2.18. The maximum absolute atomic E-state index is 5.28. The maximum Gasteiger partial charge on any atom is 0.191 e. The minimum absolute atomic E-state index is 0. The molecule has 1 heterocycles. The van der Waals surface area contributed by atoms with Crippen LogP contribution in [-0.4, -0.2) is 31.6 Å². The summed E-state index contributed by atoms with van der Waals surface area (Å²) in [4.78, 5) is 9.86. The number of rotatable bonds is 6. The van der Waals surface area contributed by atoms with Crippen LogP contribution in [0.2, 0.25) is 0 Å². The highest BCUT2D eigenvalue weighted by Gasteiger charge is 2.03. The molecule has 0 fully saturated rings. The van der Waals surface area contributed by atoms with Crippen LogP contribution in [0.4, 0.5) is 0 Å². The summed E-state index contributed by atoms with van der Waals surface area (Å²) >= 11 is 1.74. The number of ether oxygens (including phenoxy) is 1. The quantitative estimate of drug-likeness (QED) is 0.395. The van der Waals surface area contributed by atoms with E-state index in [9.17, 15) is 0 Å². The van der Waals surface area contributed by atoms with E-state index in [2.05, 4.69) is 39.7 Å². The zero-order chi connectivity index (χ0) is 16.7. The first-order valence-electron chi connectivity index (χ1n) is 7.61. The number of nitrogens with zero attached hydrogens (tertiary/aromatic N) is 2. The van der Waals surface area contributed by atoms with Crippen molar-refractivity contribution in [1.29, 1.82) is 0 Å². The summed E-state index contributed by atoms with van der Waals surface area (Å²) < 4.78 is 5.28. The van der Waals surface area contributed by atoms with Gasteiger partial charge in [0.25, 0.3) is 0 Å². The Hall–Kier alpha value is -1.35. The molecule has 2 rings (SSSR count). The first-order valence-corrected chi connectivity index (χ1v) is 8.43. The number of halogens is 1. The second kappa shape index (κ2) is 10.5. The molecule has 0 radical (unpaired) electrons. The van der Waals surface area contributed by atoms with Gasteiger partial charge in [0, 0.05) is 37.6 Å². The van der Waals surface area contributed by atoms with Crippen molar-refractivity contribution in [2.75, 3.05) is 20.7 Å². The molecule has 0 aliphatic rings. The van der Waals surface area contributed by atoms with Crippen molar-refractivity contribution < 1.29 is 4.74 Å². The van der Waals surface area contributed by atoms with Gasteiger partial charge in [0.2, 0.25) is 0 Å². The minimum atomic E-state index is 0. The number of aliphatic imine (C=N–C) groups is 1. The van der Waals surface area contributed by atoms with Gasteiger partial charge in [0.05, 0.1) is 12.1 Å². The number of aryl methyl sites for hydroxylation is 2. The average Bonchev–Trinajstić information content (AvgIpc) is 2.96. The van der Waals surface area contributed by atoms with Crippen LogP contribution in [0.25, 0.3) is 0 Å². The van der Waals surface area contributed by atoms with Gasteiger partial charge in [-0.05, 0) is 31.0 Å². The zero-order valence-corrected chi connectivity index (χ0v) is 17.7. The minimum Gasteiger partial charge on any atom is -0.496 e. The van der Waals surface area contributed by atoms with Crippen LogP contribution in [0.3, 0.4) is 0 Å². The van der Waals surface area contributed by atoms with Crippen LogP contribution in [0.5, 0.6) is 5.75 Å². The number of guanidine groups is 1. The van der Waals surface area contributed by atoms with Crippen LogP contribution in [0.15, 0.2) is 29.4 Å². The number of methoxy groups -OCH3 is 1. The van der Waals surface area contributed by atoms with Gasteiger partial charge in [-0.2, -0.15) is 0 Å². The summed E-state index contributed by atoms with van der Waals surface area (Å²) in [7, 11) is 3.47. The number of hydrogen-bond donors (Lipinski definition) is 2. The third kappa shape index (κ3) is 6.27. The normalized spacial score (nSPS) is 10.9. The summed E-state index contributed by atoms with van der Waals surface area (Å²) in [5.41, 5.74) is 2.33. The Morgan fingerprint density at radius 1 is 1.29 bits per heavy atom. The Morgan fingerprint density at radius 2 is 2.08 bits per heavy atom. The molecule has 2 aromatic rings. The lowest BCUT2D eigenvalue weighted by Crippen LogP contribution is -2.37. The molecule has 1 aromatic carbocycles. The Kier molecular flexibility index (Phi) is 9.05. The predicted molar refractivity (Wildman–Crippen MR) is 112 cm³/mol. The maximum atomic E-state index is 5.28. The lowest BCUT2D eigenvalue weighted by Gasteiger charge is -2.12. The second-order valence-corrected chi connectivity index (χ2v) is 6.59. The smallest absolute Gasteiger partial charge is 0.191 e. The number of nitrogens with one attached hydrogen (secondary N) is 2. The summed E-state index contributed by atoms with van der Waals surface area (Å²) in [5, 5.41) is 7.79. The molecule has 0 spiro atoms. The third-order valence-corrected chi connectivity index (χ3v) is 4.42. The van der Waals surface area contributed by atoms with Crippen molar-refractivity contribution in [3.63, 3.8) is 0 Å². The first-order chi connectivity index (χ1) is 11.1. The first kappa shape index (κ1) is 20.7. The SMILES string of the molecule is CN=C(NCCc1ncc(C)s1)NCc1ccc(OC)c(C)c1.I. The van der Waals surface area contributed by atoms with Crippen LogP contribution in [0.1, 0.15) is 21.0 Å². The van der Waals surface area contributed by atoms with Crippen molar-refractivity contribution in [3.05, 3.63) is 45.4 Å². The molecule has 0 amide bonds. The second-order valence-electron chi connectivity index (χ2n) is 5.27. The van der Waals surface area contributed by atoms with Gasteiger partial charge in [-0.15, -0.1) is 35.3 Å². The van der Waals surface area contributed by atoms with Crippen LogP contribution < -0.4 is 15.4 Å². The molecule has 2 N–H and O–H groups in total. The molecular weight excluding hydrogens is 435 g/mol. The van der Waals surface area contributed by atoms with Gasteiger partial charge < -0.3 is 15.4 Å². The highest BCUT2D eigenvalue weighted by atomic mass is 127. The molecule has 0 atom stereocenters. The van der Waals surface area contributed by atoms with Gasteiger partial charge in [-0.1, -0.05) is 12.1 Å². The molecule has 0 aliphatic heterocycles. The van der Waals surface area contributed by atoms with Gasteiger partial charge >= 0.3 is 0 Å². The molecule has 0 unspecified atom stereocenters. The Bertz CT molecular complexity index is 672. The molecule has 24 heavy (non-hydrogen) atoms. The summed E-state index contributed by atoms with van der Waals surface area (Å²) in [6, 6.07) is 6.18. The van der Waals surface area contributed by atoms with E-state index in [1.807, 2.05) is 19.2 Å². The van der Waals surface area contributed by atoms with E-state index in [-0.39, 0.29) is 24.0 Å². The van der Waals surface area contributed by atoms with E-state index >= 15 is 0 Å². The van der Waals surface area contributed by atoms with E-state index in [1.165, 1.54) is 10.4 Å². The molecule has 0 aliphatic carbocycles. The average molecular weight is 460 g/mol. The number of benzene rings is 1. The van der Waals surface area contributed by atoms with Crippen LogP contribution in [0, 0.1) is 13.8 Å². The Balaban J connectivity index is 0.00000288. The molecule has 7 heteroatoms. The molecule has 0 bridgehead atoms. The summed E-state index contributed by atoms with van der Waals surface area (Å²) in [5.74, 6) is 1.71. The van der Waals surface area contributed by atoms with Crippen molar-refractivity contribution in [3.8, 4) is 5.75 Å².